The third-order valence-electron chi connectivity index (χ3n) is 3.88. The van der Waals surface area contributed by atoms with Gasteiger partial charge in [-0.1, -0.05) is 24.3 Å². The van der Waals surface area contributed by atoms with Gasteiger partial charge in [0.05, 0.1) is 38.4 Å². The molecule has 3 rings (SSSR count). The lowest BCUT2D eigenvalue weighted by Gasteiger charge is -2.22. The molecule has 2 aromatic rings. The summed E-state index contributed by atoms with van der Waals surface area (Å²) in [6.45, 7) is 0.446. The molecule has 0 spiro atoms. The van der Waals surface area contributed by atoms with Gasteiger partial charge in [-0.3, -0.25) is 0 Å². The molecule has 1 aliphatic heterocycles. The van der Waals surface area contributed by atoms with E-state index >= 15 is 0 Å². The largest absolute Gasteiger partial charge is 0.496 e. The Morgan fingerprint density at radius 3 is 2.38 bits per heavy atom. The molecule has 0 saturated carbocycles. The zero-order valence-electron chi connectivity index (χ0n) is 12.1. The Hall–Kier alpha value is -2.20. The number of aliphatic hydroxyl groups is 1. The first-order chi connectivity index (χ1) is 10.3. The molecule has 1 heterocycles. The minimum absolute atomic E-state index is 0.133. The molecule has 2 unspecified atom stereocenters. The highest BCUT2D eigenvalue weighted by Crippen LogP contribution is 2.45. The summed E-state index contributed by atoms with van der Waals surface area (Å²) in [7, 11) is 3.17. The quantitative estimate of drug-likeness (QED) is 0.939. The van der Waals surface area contributed by atoms with Gasteiger partial charge < -0.3 is 19.3 Å². The standard InChI is InChI=1S/C17H18O4/c1-19-14-8-5-9-15(20-2)16(14)17(18)12-10-21-13-7-4-3-6-11(12)13/h3-9,12,17-18H,10H2,1-2H3. The number of ether oxygens (including phenoxy) is 3. The van der Waals surface area contributed by atoms with Gasteiger partial charge in [0.1, 0.15) is 17.2 Å². The second kappa shape index (κ2) is 5.66. The number of aliphatic hydroxyl groups excluding tert-OH is 1. The molecule has 0 amide bonds. The van der Waals surface area contributed by atoms with E-state index < -0.39 is 6.10 Å². The zero-order valence-corrected chi connectivity index (χ0v) is 12.1. The summed E-state index contributed by atoms with van der Waals surface area (Å²) >= 11 is 0. The van der Waals surface area contributed by atoms with Crippen LogP contribution in [0, 0.1) is 0 Å². The lowest BCUT2D eigenvalue weighted by atomic mass is 9.90. The maximum Gasteiger partial charge on any atom is 0.128 e. The third kappa shape index (κ3) is 2.32. The zero-order chi connectivity index (χ0) is 14.8. The summed E-state index contributed by atoms with van der Waals surface area (Å²) < 4.78 is 16.4. The fourth-order valence-electron chi connectivity index (χ4n) is 2.82. The van der Waals surface area contributed by atoms with Crippen molar-refractivity contribution in [3.63, 3.8) is 0 Å². The second-order valence-electron chi connectivity index (χ2n) is 4.98. The molecule has 0 saturated heterocycles. The predicted molar refractivity (Wildman–Crippen MR) is 79.2 cm³/mol. The first kappa shape index (κ1) is 13.8. The molecule has 1 N–H and O–H groups in total. The van der Waals surface area contributed by atoms with Crippen LogP contribution in [-0.4, -0.2) is 25.9 Å². The van der Waals surface area contributed by atoms with Gasteiger partial charge in [-0.2, -0.15) is 0 Å². The molecular formula is C17H18O4. The number of hydrogen-bond acceptors (Lipinski definition) is 4. The number of rotatable bonds is 4. The van der Waals surface area contributed by atoms with Gasteiger partial charge in [-0.05, 0) is 18.2 Å². The number of methoxy groups -OCH3 is 2. The van der Waals surface area contributed by atoms with Crippen molar-refractivity contribution in [1.82, 2.24) is 0 Å². The van der Waals surface area contributed by atoms with Crippen LogP contribution >= 0.6 is 0 Å². The number of benzene rings is 2. The molecule has 1 aliphatic rings. The molecule has 0 radical (unpaired) electrons. The van der Waals surface area contributed by atoms with Gasteiger partial charge in [0.15, 0.2) is 0 Å². The molecule has 4 heteroatoms. The van der Waals surface area contributed by atoms with Gasteiger partial charge in [-0.25, -0.2) is 0 Å². The Bertz CT molecular complexity index is 616. The Morgan fingerprint density at radius 1 is 1.05 bits per heavy atom. The first-order valence-corrected chi connectivity index (χ1v) is 6.87. The molecule has 0 aromatic heterocycles. The minimum atomic E-state index is -0.750. The summed E-state index contributed by atoms with van der Waals surface area (Å²) in [5.74, 6) is 1.93. The van der Waals surface area contributed by atoms with Crippen LogP contribution < -0.4 is 14.2 Å². The maximum atomic E-state index is 10.9. The summed E-state index contributed by atoms with van der Waals surface area (Å²) in [6.07, 6.45) is -0.750. The summed E-state index contributed by atoms with van der Waals surface area (Å²) in [5, 5.41) is 10.9. The number of hydrogen-bond donors (Lipinski definition) is 1. The minimum Gasteiger partial charge on any atom is -0.496 e. The topological polar surface area (TPSA) is 47.9 Å². The molecule has 4 nitrogen and oxygen atoms in total. The molecule has 2 atom stereocenters. The van der Waals surface area contributed by atoms with Gasteiger partial charge in [0.25, 0.3) is 0 Å². The lowest BCUT2D eigenvalue weighted by Crippen LogP contribution is -2.14. The van der Waals surface area contributed by atoms with Gasteiger partial charge in [-0.15, -0.1) is 0 Å². The van der Waals surface area contributed by atoms with Crippen molar-refractivity contribution in [2.75, 3.05) is 20.8 Å². The third-order valence-corrected chi connectivity index (χ3v) is 3.88. The van der Waals surface area contributed by atoms with E-state index in [0.29, 0.717) is 23.7 Å². The van der Waals surface area contributed by atoms with E-state index in [4.69, 9.17) is 14.2 Å². The highest BCUT2D eigenvalue weighted by Gasteiger charge is 2.34. The lowest BCUT2D eigenvalue weighted by molar-refractivity contribution is 0.124. The van der Waals surface area contributed by atoms with Crippen molar-refractivity contribution in [2.45, 2.75) is 12.0 Å². The van der Waals surface area contributed by atoms with Crippen molar-refractivity contribution in [1.29, 1.82) is 0 Å². The summed E-state index contributed by atoms with van der Waals surface area (Å²) in [4.78, 5) is 0. The smallest absolute Gasteiger partial charge is 0.128 e. The van der Waals surface area contributed by atoms with Crippen LogP contribution in [-0.2, 0) is 0 Å². The van der Waals surface area contributed by atoms with Crippen LogP contribution in [0.2, 0.25) is 0 Å². The van der Waals surface area contributed by atoms with Crippen LogP contribution in [0.4, 0.5) is 0 Å². The highest BCUT2D eigenvalue weighted by atomic mass is 16.5. The average molecular weight is 286 g/mol. The molecule has 0 aliphatic carbocycles. The van der Waals surface area contributed by atoms with Crippen LogP contribution in [0.15, 0.2) is 42.5 Å². The molecule has 21 heavy (non-hydrogen) atoms. The number of para-hydroxylation sites is 1. The van der Waals surface area contributed by atoms with E-state index in [9.17, 15) is 5.11 Å². The fourth-order valence-corrected chi connectivity index (χ4v) is 2.82. The summed E-state index contributed by atoms with van der Waals surface area (Å²) in [6, 6.07) is 13.3. The van der Waals surface area contributed by atoms with E-state index in [0.717, 1.165) is 11.3 Å². The molecule has 2 aromatic carbocycles. The Morgan fingerprint density at radius 2 is 1.71 bits per heavy atom. The second-order valence-corrected chi connectivity index (χ2v) is 4.98. The molecule has 0 fully saturated rings. The van der Waals surface area contributed by atoms with E-state index in [1.54, 1.807) is 14.2 Å². The van der Waals surface area contributed by atoms with Gasteiger partial charge in [0.2, 0.25) is 0 Å². The van der Waals surface area contributed by atoms with Gasteiger partial charge in [0, 0.05) is 5.56 Å². The molecule has 110 valence electrons. The van der Waals surface area contributed by atoms with Crippen molar-refractivity contribution in [3.05, 3.63) is 53.6 Å². The van der Waals surface area contributed by atoms with Crippen LogP contribution in [0.1, 0.15) is 23.1 Å². The average Bonchev–Trinajstić information content (AvgIpc) is 2.97. The van der Waals surface area contributed by atoms with E-state index in [2.05, 4.69) is 0 Å². The highest BCUT2D eigenvalue weighted by molar-refractivity contribution is 5.49. The number of fused-ring (bicyclic) bond motifs is 1. The Labute approximate surface area is 123 Å². The van der Waals surface area contributed by atoms with Crippen molar-refractivity contribution in [2.24, 2.45) is 0 Å². The fraction of sp³-hybridized carbons (Fsp3) is 0.294. The van der Waals surface area contributed by atoms with Gasteiger partial charge >= 0.3 is 0 Å². The molecular weight excluding hydrogens is 268 g/mol. The van der Waals surface area contributed by atoms with Crippen LogP contribution in [0.5, 0.6) is 17.2 Å². The maximum absolute atomic E-state index is 10.9. The Kier molecular flexibility index (Phi) is 3.71. The monoisotopic (exact) mass is 286 g/mol. The van der Waals surface area contributed by atoms with Crippen molar-refractivity contribution >= 4 is 0 Å². The van der Waals surface area contributed by atoms with Crippen molar-refractivity contribution < 1.29 is 19.3 Å². The van der Waals surface area contributed by atoms with Crippen molar-refractivity contribution in [3.8, 4) is 17.2 Å². The van der Waals surface area contributed by atoms with E-state index in [1.807, 2.05) is 42.5 Å². The molecule has 0 bridgehead atoms. The summed E-state index contributed by atoms with van der Waals surface area (Å²) in [5.41, 5.74) is 1.67. The SMILES string of the molecule is COc1cccc(OC)c1C(O)C1COc2ccccc21. The first-order valence-electron chi connectivity index (χ1n) is 6.87. The predicted octanol–water partition coefficient (Wildman–Crippen LogP) is 2.91. The van der Waals surface area contributed by atoms with E-state index in [-0.39, 0.29) is 5.92 Å². The van der Waals surface area contributed by atoms with Crippen LogP contribution in [0.25, 0.3) is 0 Å². The normalized spacial score (nSPS) is 17.8. The Balaban J connectivity index is 2.02. The van der Waals surface area contributed by atoms with Crippen LogP contribution in [0.3, 0.4) is 0 Å². The van der Waals surface area contributed by atoms with E-state index in [1.165, 1.54) is 0 Å².